The van der Waals surface area contributed by atoms with Crippen LogP contribution in [-0.4, -0.2) is 23.7 Å². The molecule has 0 atom stereocenters. The predicted octanol–water partition coefficient (Wildman–Crippen LogP) is 4.98. The number of aliphatic imine (C=N–C) groups is 1. The maximum atomic E-state index is 14.5. The fourth-order valence-electron chi connectivity index (χ4n) is 2.80. The summed E-state index contributed by atoms with van der Waals surface area (Å²) in [6.45, 7) is -0.135. The molecule has 29 heavy (non-hydrogen) atoms. The van der Waals surface area contributed by atoms with Crippen LogP contribution in [0.25, 0.3) is 10.8 Å². The van der Waals surface area contributed by atoms with Gasteiger partial charge in [-0.1, -0.05) is 12.1 Å². The van der Waals surface area contributed by atoms with E-state index in [9.17, 15) is 17.6 Å². The molecule has 1 aromatic heterocycles. The lowest BCUT2D eigenvalue weighted by Crippen LogP contribution is -2.38. The second-order valence-electron chi connectivity index (χ2n) is 6.16. The summed E-state index contributed by atoms with van der Waals surface area (Å²) >= 11 is 0. The van der Waals surface area contributed by atoms with Gasteiger partial charge in [-0.05, 0) is 30.3 Å². The molecule has 2 N–H and O–H groups in total. The van der Waals surface area contributed by atoms with Crippen LogP contribution in [0, 0.1) is 5.82 Å². The topological polar surface area (TPSA) is 58.5 Å². The van der Waals surface area contributed by atoms with E-state index in [2.05, 4.69) is 20.6 Å². The lowest BCUT2D eigenvalue weighted by Gasteiger charge is -2.20. The first-order valence-corrected chi connectivity index (χ1v) is 8.56. The zero-order chi connectivity index (χ0) is 20.4. The molecular formula is C20H14F4N4O. The molecular weight excluding hydrogens is 388 g/mol. The number of fused-ring (bicyclic) bond motifs is 1. The van der Waals surface area contributed by atoms with Crippen LogP contribution >= 0.6 is 0 Å². The number of guanidine groups is 1. The number of rotatable bonds is 3. The average Bonchev–Trinajstić information content (AvgIpc) is 2.70. The maximum absolute atomic E-state index is 14.5. The molecule has 0 aliphatic carbocycles. The lowest BCUT2D eigenvalue weighted by molar-refractivity contribution is -0.0952. The zero-order valence-electron chi connectivity index (χ0n) is 14.8. The molecule has 0 saturated carbocycles. The van der Waals surface area contributed by atoms with Crippen molar-refractivity contribution in [2.24, 2.45) is 4.99 Å². The molecule has 0 amide bonds. The Balaban J connectivity index is 1.51. The summed E-state index contributed by atoms with van der Waals surface area (Å²) in [6, 6.07) is 11.1. The van der Waals surface area contributed by atoms with Crippen LogP contribution in [0.2, 0.25) is 0 Å². The van der Waals surface area contributed by atoms with E-state index >= 15 is 0 Å². The number of alkyl halides is 3. The molecule has 9 heteroatoms. The van der Waals surface area contributed by atoms with Gasteiger partial charge in [0.25, 0.3) is 0 Å². The highest BCUT2D eigenvalue weighted by molar-refractivity contribution is 5.95. The molecule has 0 saturated heterocycles. The molecule has 148 valence electrons. The monoisotopic (exact) mass is 402 g/mol. The minimum Gasteiger partial charge on any atom is -0.454 e. The summed E-state index contributed by atoms with van der Waals surface area (Å²) in [5.41, 5.74) is -0.687. The molecule has 1 aliphatic rings. The normalized spacial score (nSPS) is 14.1. The minimum atomic E-state index is -4.51. The van der Waals surface area contributed by atoms with Crippen molar-refractivity contribution in [3.05, 3.63) is 72.4 Å². The van der Waals surface area contributed by atoms with Crippen LogP contribution in [0.1, 0.15) is 0 Å². The van der Waals surface area contributed by atoms with E-state index in [0.717, 1.165) is 22.9 Å². The predicted molar refractivity (Wildman–Crippen MR) is 101 cm³/mol. The molecule has 3 aromatic rings. The van der Waals surface area contributed by atoms with Crippen molar-refractivity contribution < 1.29 is 22.3 Å². The second-order valence-corrected chi connectivity index (χ2v) is 6.16. The largest absolute Gasteiger partial charge is 0.454 e. The van der Waals surface area contributed by atoms with Crippen LogP contribution in [0.5, 0.6) is 11.5 Å². The van der Waals surface area contributed by atoms with E-state index in [1.807, 2.05) is 6.07 Å². The van der Waals surface area contributed by atoms with Gasteiger partial charge in [-0.15, -0.1) is 0 Å². The fourth-order valence-corrected chi connectivity index (χ4v) is 2.80. The van der Waals surface area contributed by atoms with E-state index in [1.165, 1.54) is 12.1 Å². The van der Waals surface area contributed by atoms with Crippen LogP contribution in [0.3, 0.4) is 0 Å². The molecule has 4 rings (SSSR count). The van der Waals surface area contributed by atoms with Gasteiger partial charge >= 0.3 is 6.18 Å². The third kappa shape index (κ3) is 4.13. The van der Waals surface area contributed by atoms with E-state index in [1.54, 1.807) is 30.6 Å². The summed E-state index contributed by atoms with van der Waals surface area (Å²) in [7, 11) is 0. The standard InChI is InChI=1S/C20H14F4N4O/c21-15-10-13(27-19-26-9-7-18(28-19)20(22,23)24)4-5-17(15)29-16-3-1-2-12-11-25-8-6-14(12)16/h1-8,10-11H,9H2,(H2,26,27,28). The Labute approximate surface area is 162 Å². The number of halogens is 4. The molecule has 2 heterocycles. The Kier molecular flexibility index (Phi) is 4.79. The van der Waals surface area contributed by atoms with Crippen LogP contribution in [-0.2, 0) is 0 Å². The molecule has 0 fully saturated rings. The Hall–Kier alpha value is -3.62. The number of nitrogens with zero attached hydrogens (tertiary/aromatic N) is 2. The number of nitrogens with one attached hydrogen (secondary N) is 2. The van der Waals surface area contributed by atoms with Crippen LogP contribution in [0.4, 0.5) is 23.2 Å². The van der Waals surface area contributed by atoms with Crippen molar-refractivity contribution in [3.63, 3.8) is 0 Å². The number of hydrogen-bond donors (Lipinski definition) is 2. The Morgan fingerprint density at radius 3 is 2.72 bits per heavy atom. The first kappa shape index (κ1) is 18.7. The van der Waals surface area contributed by atoms with E-state index in [0.29, 0.717) is 5.75 Å². The third-order valence-corrected chi connectivity index (χ3v) is 4.16. The number of allylic oxidation sites excluding steroid dienone is 1. The SMILES string of the molecule is Fc1cc(NC2=NCC=C(C(F)(F)F)N2)ccc1Oc1cccc2cnccc12. The van der Waals surface area contributed by atoms with Gasteiger partial charge in [0.05, 0.1) is 6.54 Å². The minimum absolute atomic E-state index is 0.0192. The lowest BCUT2D eigenvalue weighted by atomic mass is 10.1. The number of anilines is 1. The summed E-state index contributed by atoms with van der Waals surface area (Å²) < 4.78 is 58.6. The summed E-state index contributed by atoms with van der Waals surface area (Å²) in [4.78, 5) is 7.94. The van der Waals surface area contributed by atoms with Crippen LogP contribution < -0.4 is 15.4 Å². The molecule has 2 aromatic carbocycles. The van der Waals surface area contributed by atoms with Crippen molar-refractivity contribution in [1.82, 2.24) is 10.3 Å². The van der Waals surface area contributed by atoms with Gasteiger partial charge < -0.3 is 15.4 Å². The van der Waals surface area contributed by atoms with Crippen molar-refractivity contribution in [3.8, 4) is 11.5 Å². The molecule has 0 bridgehead atoms. The number of pyridine rings is 1. The Bertz CT molecular complexity index is 1120. The molecule has 0 radical (unpaired) electrons. The molecule has 0 spiro atoms. The first-order chi connectivity index (χ1) is 13.9. The van der Waals surface area contributed by atoms with Crippen molar-refractivity contribution in [1.29, 1.82) is 0 Å². The Morgan fingerprint density at radius 1 is 1.07 bits per heavy atom. The maximum Gasteiger partial charge on any atom is 0.431 e. The summed E-state index contributed by atoms with van der Waals surface area (Å²) in [6.07, 6.45) is -0.296. The van der Waals surface area contributed by atoms with Crippen molar-refractivity contribution in [2.45, 2.75) is 6.18 Å². The van der Waals surface area contributed by atoms with E-state index in [-0.39, 0.29) is 23.9 Å². The van der Waals surface area contributed by atoms with Crippen molar-refractivity contribution >= 4 is 22.4 Å². The van der Waals surface area contributed by atoms with Gasteiger partial charge in [-0.3, -0.25) is 4.98 Å². The second kappa shape index (κ2) is 7.42. The molecule has 1 aliphatic heterocycles. The highest BCUT2D eigenvalue weighted by atomic mass is 19.4. The molecule has 5 nitrogen and oxygen atoms in total. The fraction of sp³-hybridized carbons (Fsp3) is 0.100. The van der Waals surface area contributed by atoms with Crippen LogP contribution in [0.15, 0.2) is 71.6 Å². The van der Waals surface area contributed by atoms with E-state index < -0.39 is 17.7 Å². The van der Waals surface area contributed by atoms with Gasteiger partial charge in [0.2, 0.25) is 5.96 Å². The zero-order valence-corrected chi connectivity index (χ0v) is 14.8. The third-order valence-electron chi connectivity index (χ3n) is 4.16. The molecule has 0 unspecified atom stereocenters. The van der Waals surface area contributed by atoms with Gasteiger partial charge in [0.15, 0.2) is 11.6 Å². The highest BCUT2D eigenvalue weighted by Gasteiger charge is 2.35. The average molecular weight is 402 g/mol. The van der Waals surface area contributed by atoms with Gasteiger partial charge in [-0.2, -0.15) is 13.2 Å². The highest BCUT2D eigenvalue weighted by Crippen LogP contribution is 2.32. The summed E-state index contributed by atoms with van der Waals surface area (Å²) in [5, 5.41) is 6.41. The number of aromatic nitrogens is 1. The van der Waals surface area contributed by atoms with Gasteiger partial charge in [-0.25, -0.2) is 9.38 Å². The summed E-state index contributed by atoms with van der Waals surface area (Å²) in [5.74, 6) is -0.351. The smallest absolute Gasteiger partial charge is 0.431 e. The van der Waals surface area contributed by atoms with Gasteiger partial charge in [0, 0.05) is 34.9 Å². The number of benzene rings is 2. The Morgan fingerprint density at radius 2 is 1.93 bits per heavy atom. The quantitative estimate of drug-likeness (QED) is 0.607. The van der Waals surface area contributed by atoms with Gasteiger partial charge in [0.1, 0.15) is 11.4 Å². The number of ether oxygens (including phenoxy) is 1. The number of hydrogen-bond acceptors (Lipinski definition) is 5. The van der Waals surface area contributed by atoms with E-state index in [4.69, 9.17) is 4.74 Å². The van der Waals surface area contributed by atoms with Crippen molar-refractivity contribution in [2.75, 3.05) is 11.9 Å². The first-order valence-electron chi connectivity index (χ1n) is 8.56.